The van der Waals surface area contributed by atoms with E-state index in [0.29, 0.717) is 5.41 Å². The molecule has 0 aromatic heterocycles. The third kappa shape index (κ3) is 3.73. The lowest BCUT2D eigenvalue weighted by Gasteiger charge is -2.32. The van der Waals surface area contributed by atoms with Gasteiger partial charge >= 0.3 is 0 Å². The van der Waals surface area contributed by atoms with Crippen LogP contribution in [0.1, 0.15) is 58.4 Å². The molecule has 2 N–H and O–H groups in total. The molecule has 0 radical (unpaired) electrons. The van der Waals surface area contributed by atoms with Gasteiger partial charge in [0.05, 0.1) is 7.11 Å². The summed E-state index contributed by atoms with van der Waals surface area (Å²) in [6.45, 7) is 7.00. The molecule has 118 valence electrons. The molecule has 2 rings (SSSR count). The van der Waals surface area contributed by atoms with Crippen molar-refractivity contribution in [1.29, 1.82) is 0 Å². The number of methoxy groups -OCH3 is 1. The molecule has 0 spiro atoms. The first kappa shape index (κ1) is 16.6. The van der Waals surface area contributed by atoms with Crippen LogP contribution < -0.4 is 10.5 Å². The minimum atomic E-state index is -0.323. The molecular formula is C18H28ClNO. The van der Waals surface area contributed by atoms with E-state index in [9.17, 15) is 0 Å². The summed E-state index contributed by atoms with van der Waals surface area (Å²) in [5.74, 6) is 1.59. The Labute approximate surface area is 134 Å². The maximum absolute atomic E-state index is 6.79. The standard InChI is InChI=1S/C18H28ClNO/c1-17(2,3)13-6-5-10-18(20,11-9-13)15-12-14(19)7-8-16(15)21-4/h7-8,12-13H,5-6,9-11,20H2,1-4H3. The highest BCUT2D eigenvalue weighted by Gasteiger charge is 2.36. The molecule has 0 saturated heterocycles. The summed E-state index contributed by atoms with van der Waals surface area (Å²) in [6, 6.07) is 5.78. The molecule has 2 unspecified atom stereocenters. The second-order valence-electron chi connectivity index (χ2n) is 7.49. The number of hydrogen-bond acceptors (Lipinski definition) is 2. The number of ether oxygens (including phenoxy) is 1. The van der Waals surface area contributed by atoms with Gasteiger partial charge in [0.25, 0.3) is 0 Å². The Bertz CT molecular complexity index is 494. The van der Waals surface area contributed by atoms with E-state index in [0.717, 1.165) is 47.9 Å². The fourth-order valence-electron chi connectivity index (χ4n) is 3.57. The smallest absolute Gasteiger partial charge is 0.124 e. The highest BCUT2D eigenvalue weighted by molar-refractivity contribution is 6.30. The summed E-state index contributed by atoms with van der Waals surface area (Å²) >= 11 is 6.19. The van der Waals surface area contributed by atoms with Gasteiger partial charge in [-0.25, -0.2) is 0 Å². The lowest BCUT2D eigenvalue weighted by molar-refractivity contribution is 0.210. The maximum Gasteiger partial charge on any atom is 0.124 e. The third-order valence-electron chi connectivity index (χ3n) is 5.04. The second kappa shape index (κ2) is 6.18. The molecule has 1 aliphatic carbocycles. The zero-order chi connectivity index (χ0) is 15.7. The van der Waals surface area contributed by atoms with E-state index in [-0.39, 0.29) is 5.54 Å². The minimum Gasteiger partial charge on any atom is -0.496 e. The molecule has 2 atom stereocenters. The van der Waals surface area contributed by atoms with Gasteiger partial charge in [0.1, 0.15) is 5.75 Å². The van der Waals surface area contributed by atoms with E-state index in [1.807, 2.05) is 18.2 Å². The minimum absolute atomic E-state index is 0.323. The molecule has 21 heavy (non-hydrogen) atoms. The largest absolute Gasteiger partial charge is 0.496 e. The van der Waals surface area contributed by atoms with Gasteiger partial charge in [-0.1, -0.05) is 38.8 Å². The maximum atomic E-state index is 6.79. The average molecular weight is 310 g/mol. The molecule has 1 aromatic carbocycles. The fraction of sp³-hybridized carbons (Fsp3) is 0.667. The molecule has 1 aliphatic rings. The Morgan fingerprint density at radius 3 is 2.57 bits per heavy atom. The van der Waals surface area contributed by atoms with Crippen LogP contribution in [0, 0.1) is 11.3 Å². The van der Waals surface area contributed by atoms with Crippen molar-refractivity contribution in [3.05, 3.63) is 28.8 Å². The molecule has 0 bridgehead atoms. The molecule has 2 nitrogen and oxygen atoms in total. The molecule has 0 heterocycles. The van der Waals surface area contributed by atoms with Crippen molar-refractivity contribution in [2.75, 3.05) is 7.11 Å². The molecule has 0 amide bonds. The van der Waals surface area contributed by atoms with Gasteiger partial charge in [0, 0.05) is 16.1 Å². The van der Waals surface area contributed by atoms with E-state index >= 15 is 0 Å². The zero-order valence-electron chi connectivity index (χ0n) is 13.7. The SMILES string of the molecule is COc1ccc(Cl)cc1C1(N)CCCC(C(C)(C)C)CC1. The van der Waals surface area contributed by atoms with Crippen molar-refractivity contribution in [3.63, 3.8) is 0 Å². The Morgan fingerprint density at radius 2 is 1.95 bits per heavy atom. The number of nitrogens with two attached hydrogens (primary N) is 1. The summed E-state index contributed by atoms with van der Waals surface area (Å²) in [7, 11) is 1.70. The molecular weight excluding hydrogens is 282 g/mol. The second-order valence-corrected chi connectivity index (χ2v) is 7.93. The Kier molecular flexibility index (Phi) is 4.89. The van der Waals surface area contributed by atoms with Crippen LogP contribution >= 0.6 is 11.6 Å². The number of benzene rings is 1. The average Bonchev–Trinajstić information content (AvgIpc) is 2.61. The van der Waals surface area contributed by atoms with Crippen LogP contribution in [0.25, 0.3) is 0 Å². The lowest BCUT2D eigenvalue weighted by Crippen LogP contribution is -2.36. The van der Waals surface area contributed by atoms with E-state index in [1.165, 1.54) is 6.42 Å². The number of hydrogen-bond donors (Lipinski definition) is 1. The van der Waals surface area contributed by atoms with E-state index in [1.54, 1.807) is 7.11 Å². The highest BCUT2D eigenvalue weighted by atomic mass is 35.5. The summed E-state index contributed by atoms with van der Waals surface area (Å²) in [4.78, 5) is 0. The highest BCUT2D eigenvalue weighted by Crippen LogP contribution is 2.44. The summed E-state index contributed by atoms with van der Waals surface area (Å²) in [6.07, 6.45) is 5.57. The van der Waals surface area contributed by atoms with Crippen LogP contribution in [-0.4, -0.2) is 7.11 Å². The van der Waals surface area contributed by atoms with Gasteiger partial charge in [-0.2, -0.15) is 0 Å². The Balaban J connectivity index is 2.29. The van der Waals surface area contributed by atoms with Gasteiger partial charge in [0.15, 0.2) is 0 Å². The first-order valence-electron chi connectivity index (χ1n) is 7.89. The summed E-state index contributed by atoms with van der Waals surface area (Å²) < 4.78 is 5.52. The predicted octanol–water partition coefficient (Wildman–Crippen LogP) is 5.13. The fourth-order valence-corrected chi connectivity index (χ4v) is 3.74. The van der Waals surface area contributed by atoms with Crippen LogP contribution in [0.4, 0.5) is 0 Å². The normalized spacial score (nSPS) is 27.2. The van der Waals surface area contributed by atoms with Crippen molar-refractivity contribution < 1.29 is 4.74 Å². The van der Waals surface area contributed by atoms with Crippen molar-refractivity contribution in [3.8, 4) is 5.75 Å². The number of rotatable bonds is 2. The number of halogens is 1. The van der Waals surface area contributed by atoms with Gasteiger partial charge in [-0.3, -0.25) is 0 Å². The summed E-state index contributed by atoms with van der Waals surface area (Å²) in [5, 5.41) is 0.729. The van der Waals surface area contributed by atoms with E-state index in [4.69, 9.17) is 22.1 Å². The Morgan fingerprint density at radius 1 is 1.24 bits per heavy atom. The first-order valence-corrected chi connectivity index (χ1v) is 8.27. The van der Waals surface area contributed by atoms with Crippen LogP contribution in [0.3, 0.4) is 0 Å². The molecule has 1 aromatic rings. The topological polar surface area (TPSA) is 35.2 Å². The molecule has 1 saturated carbocycles. The van der Waals surface area contributed by atoms with Crippen molar-refractivity contribution in [1.82, 2.24) is 0 Å². The van der Waals surface area contributed by atoms with Crippen molar-refractivity contribution >= 4 is 11.6 Å². The third-order valence-corrected chi connectivity index (χ3v) is 5.27. The van der Waals surface area contributed by atoms with Gasteiger partial charge in [-0.15, -0.1) is 0 Å². The molecule has 0 aliphatic heterocycles. The van der Waals surface area contributed by atoms with Crippen LogP contribution in [-0.2, 0) is 5.54 Å². The monoisotopic (exact) mass is 309 g/mol. The quantitative estimate of drug-likeness (QED) is 0.769. The van der Waals surface area contributed by atoms with Gasteiger partial charge in [-0.05, 0) is 55.2 Å². The van der Waals surface area contributed by atoms with Crippen LogP contribution in [0.15, 0.2) is 18.2 Å². The van der Waals surface area contributed by atoms with Crippen LogP contribution in [0.2, 0.25) is 5.02 Å². The Hall–Kier alpha value is -0.730. The summed E-state index contributed by atoms with van der Waals surface area (Å²) in [5.41, 5.74) is 7.88. The zero-order valence-corrected chi connectivity index (χ0v) is 14.5. The van der Waals surface area contributed by atoms with Gasteiger partial charge in [0.2, 0.25) is 0 Å². The van der Waals surface area contributed by atoms with Crippen molar-refractivity contribution in [2.24, 2.45) is 17.1 Å². The van der Waals surface area contributed by atoms with Crippen LogP contribution in [0.5, 0.6) is 5.75 Å². The van der Waals surface area contributed by atoms with Crippen molar-refractivity contribution in [2.45, 2.75) is 58.4 Å². The first-order chi connectivity index (χ1) is 9.76. The van der Waals surface area contributed by atoms with E-state index in [2.05, 4.69) is 20.8 Å². The lowest BCUT2D eigenvalue weighted by atomic mass is 9.75. The molecule has 1 fully saturated rings. The van der Waals surface area contributed by atoms with E-state index < -0.39 is 0 Å². The van der Waals surface area contributed by atoms with Gasteiger partial charge < -0.3 is 10.5 Å². The molecule has 3 heteroatoms. The predicted molar refractivity (Wildman–Crippen MR) is 89.9 cm³/mol.